The first kappa shape index (κ1) is 10.8. The first-order chi connectivity index (χ1) is 8.70. The number of pyridine rings is 1. The molecule has 0 aliphatic heterocycles. The number of aromatic nitrogens is 1. The number of methoxy groups -OCH3 is 1. The van der Waals surface area contributed by atoms with Crippen LogP contribution >= 0.6 is 0 Å². The summed E-state index contributed by atoms with van der Waals surface area (Å²) in [5.74, 6) is 0.803. The number of fused-ring (bicyclic) bond motifs is 3. The molecule has 2 aromatic carbocycles. The lowest BCUT2D eigenvalue weighted by Crippen LogP contribution is -2.07. The average Bonchev–Trinajstić information content (AvgIpc) is 2.40. The van der Waals surface area contributed by atoms with Crippen LogP contribution in [0.15, 0.2) is 41.2 Å². The summed E-state index contributed by atoms with van der Waals surface area (Å²) in [5.41, 5.74) is 1.83. The first-order valence-electron chi connectivity index (χ1n) is 5.80. The quantitative estimate of drug-likeness (QED) is 0.663. The van der Waals surface area contributed by atoms with Gasteiger partial charge in [-0.1, -0.05) is 18.2 Å². The molecule has 0 spiro atoms. The van der Waals surface area contributed by atoms with Gasteiger partial charge in [0.2, 0.25) is 0 Å². The average molecular weight is 239 g/mol. The second-order valence-electron chi connectivity index (χ2n) is 4.37. The number of aryl methyl sites for hydroxylation is 1. The van der Waals surface area contributed by atoms with Crippen LogP contribution in [0, 0.1) is 6.92 Å². The van der Waals surface area contributed by atoms with Crippen LogP contribution in [-0.4, -0.2) is 12.1 Å². The third-order valence-corrected chi connectivity index (χ3v) is 3.25. The Morgan fingerprint density at radius 2 is 1.78 bits per heavy atom. The molecule has 90 valence electrons. The van der Waals surface area contributed by atoms with E-state index in [0.717, 1.165) is 27.6 Å². The fourth-order valence-corrected chi connectivity index (χ4v) is 2.35. The van der Waals surface area contributed by atoms with Gasteiger partial charge in [-0.3, -0.25) is 4.79 Å². The lowest BCUT2D eigenvalue weighted by atomic mass is 10.0. The molecule has 0 aliphatic carbocycles. The molecule has 3 aromatic rings. The Balaban J connectivity index is 2.60. The Bertz CT molecular complexity index is 803. The molecule has 1 N–H and O–H groups in total. The maximum absolute atomic E-state index is 12.0. The summed E-state index contributed by atoms with van der Waals surface area (Å²) in [5, 5.41) is 2.68. The predicted molar refractivity (Wildman–Crippen MR) is 73.4 cm³/mol. The lowest BCUT2D eigenvalue weighted by Gasteiger charge is -2.08. The van der Waals surface area contributed by atoms with Crippen molar-refractivity contribution in [3.05, 3.63) is 52.3 Å². The zero-order valence-corrected chi connectivity index (χ0v) is 10.3. The SMILES string of the molecule is COc1cc(C)c2[nH]c(=O)c3ccccc3c2c1. The summed E-state index contributed by atoms with van der Waals surface area (Å²) in [6.45, 7) is 1.97. The van der Waals surface area contributed by atoms with Crippen LogP contribution in [0.25, 0.3) is 21.7 Å². The van der Waals surface area contributed by atoms with Gasteiger partial charge in [0.1, 0.15) is 5.75 Å². The Labute approximate surface area is 104 Å². The van der Waals surface area contributed by atoms with E-state index in [9.17, 15) is 4.79 Å². The van der Waals surface area contributed by atoms with Gasteiger partial charge in [-0.2, -0.15) is 0 Å². The Morgan fingerprint density at radius 1 is 1.06 bits per heavy atom. The van der Waals surface area contributed by atoms with Gasteiger partial charge in [0.15, 0.2) is 0 Å². The number of nitrogens with one attached hydrogen (secondary N) is 1. The van der Waals surface area contributed by atoms with Gasteiger partial charge < -0.3 is 9.72 Å². The number of H-pyrrole nitrogens is 1. The molecule has 0 saturated heterocycles. The number of ether oxygens (including phenoxy) is 1. The summed E-state index contributed by atoms with van der Waals surface area (Å²) in [6, 6.07) is 11.5. The minimum atomic E-state index is -0.0497. The van der Waals surface area contributed by atoms with Gasteiger partial charge in [0.05, 0.1) is 12.6 Å². The first-order valence-corrected chi connectivity index (χ1v) is 5.80. The summed E-state index contributed by atoms with van der Waals surface area (Å²) in [4.78, 5) is 15.0. The van der Waals surface area contributed by atoms with Crippen LogP contribution in [0.1, 0.15) is 5.56 Å². The van der Waals surface area contributed by atoms with Crippen molar-refractivity contribution in [2.24, 2.45) is 0 Å². The molecule has 18 heavy (non-hydrogen) atoms. The highest BCUT2D eigenvalue weighted by molar-refractivity contribution is 6.06. The van der Waals surface area contributed by atoms with E-state index in [1.165, 1.54) is 0 Å². The maximum atomic E-state index is 12.0. The van der Waals surface area contributed by atoms with Crippen LogP contribution in [0.2, 0.25) is 0 Å². The molecular weight excluding hydrogens is 226 g/mol. The van der Waals surface area contributed by atoms with Gasteiger partial charge in [-0.25, -0.2) is 0 Å². The smallest absolute Gasteiger partial charge is 0.256 e. The van der Waals surface area contributed by atoms with Crippen molar-refractivity contribution < 1.29 is 4.74 Å². The van der Waals surface area contributed by atoms with Gasteiger partial charge in [-0.05, 0) is 36.1 Å². The topological polar surface area (TPSA) is 42.1 Å². The Morgan fingerprint density at radius 3 is 2.50 bits per heavy atom. The molecule has 3 rings (SSSR count). The molecule has 1 aromatic heterocycles. The van der Waals surface area contributed by atoms with E-state index in [-0.39, 0.29) is 5.56 Å². The molecule has 3 nitrogen and oxygen atoms in total. The number of hydrogen-bond donors (Lipinski definition) is 1. The zero-order chi connectivity index (χ0) is 12.7. The van der Waals surface area contributed by atoms with E-state index in [4.69, 9.17) is 4.74 Å². The standard InChI is InChI=1S/C15H13NO2/c1-9-7-10(18-2)8-13-11-5-3-4-6-12(11)15(17)16-14(9)13/h3-8H,1-2H3,(H,16,17). The number of hydrogen-bond acceptors (Lipinski definition) is 2. The van der Waals surface area contributed by atoms with E-state index in [1.807, 2.05) is 43.3 Å². The van der Waals surface area contributed by atoms with Crippen molar-refractivity contribution in [1.82, 2.24) is 4.98 Å². The molecule has 0 bridgehead atoms. The molecule has 1 heterocycles. The van der Waals surface area contributed by atoms with Crippen LogP contribution in [0.4, 0.5) is 0 Å². The fourth-order valence-electron chi connectivity index (χ4n) is 2.35. The van der Waals surface area contributed by atoms with Crippen molar-refractivity contribution >= 4 is 21.7 Å². The van der Waals surface area contributed by atoms with E-state index in [1.54, 1.807) is 7.11 Å². The third kappa shape index (κ3) is 1.48. The molecule has 0 amide bonds. The van der Waals surface area contributed by atoms with Crippen LogP contribution in [0.3, 0.4) is 0 Å². The summed E-state index contributed by atoms with van der Waals surface area (Å²) in [7, 11) is 1.65. The largest absolute Gasteiger partial charge is 0.497 e. The highest BCUT2D eigenvalue weighted by atomic mass is 16.5. The molecule has 0 fully saturated rings. The van der Waals surface area contributed by atoms with Crippen LogP contribution < -0.4 is 10.3 Å². The van der Waals surface area contributed by atoms with Crippen molar-refractivity contribution in [3.63, 3.8) is 0 Å². The Kier molecular flexibility index (Phi) is 2.33. The monoisotopic (exact) mass is 239 g/mol. The summed E-state index contributed by atoms with van der Waals surface area (Å²) in [6.07, 6.45) is 0. The fraction of sp³-hybridized carbons (Fsp3) is 0.133. The van der Waals surface area contributed by atoms with Gasteiger partial charge in [0, 0.05) is 10.8 Å². The van der Waals surface area contributed by atoms with Crippen LogP contribution in [-0.2, 0) is 0 Å². The molecule has 0 saturated carbocycles. The molecule has 0 radical (unpaired) electrons. The highest BCUT2D eigenvalue weighted by Crippen LogP contribution is 2.27. The second kappa shape index (κ2) is 3.88. The van der Waals surface area contributed by atoms with E-state index < -0.39 is 0 Å². The second-order valence-corrected chi connectivity index (χ2v) is 4.37. The Hall–Kier alpha value is -2.29. The van der Waals surface area contributed by atoms with Crippen molar-refractivity contribution in [1.29, 1.82) is 0 Å². The lowest BCUT2D eigenvalue weighted by molar-refractivity contribution is 0.415. The summed E-state index contributed by atoms with van der Waals surface area (Å²) < 4.78 is 5.29. The van der Waals surface area contributed by atoms with Crippen molar-refractivity contribution in [3.8, 4) is 5.75 Å². The van der Waals surface area contributed by atoms with Gasteiger partial charge >= 0.3 is 0 Å². The molecule has 3 heteroatoms. The third-order valence-electron chi connectivity index (χ3n) is 3.25. The van der Waals surface area contributed by atoms with Gasteiger partial charge in [0.25, 0.3) is 5.56 Å². The number of benzene rings is 2. The summed E-state index contributed by atoms with van der Waals surface area (Å²) >= 11 is 0. The molecule has 0 aliphatic rings. The maximum Gasteiger partial charge on any atom is 0.256 e. The van der Waals surface area contributed by atoms with Gasteiger partial charge in [-0.15, -0.1) is 0 Å². The van der Waals surface area contributed by atoms with Crippen molar-refractivity contribution in [2.75, 3.05) is 7.11 Å². The van der Waals surface area contributed by atoms with E-state index in [2.05, 4.69) is 4.98 Å². The molecular formula is C15H13NO2. The number of rotatable bonds is 1. The minimum Gasteiger partial charge on any atom is -0.497 e. The molecule has 0 atom stereocenters. The van der Waals surface area contributed by atoms with Crippen molar-refractivity contribution in [2.45, 2.75) is 6.92 Å². The van der Waals surface area contributed by atoms with E-state index >= 15 is 0 Å². The predicted octanol–water partition coefficient (Wildman–Crippen LogP) is 3.00. The minimum absolute atomic E-state index is 0.0497. The normalized spacial score (nSPS) is 11.0. The van der Waals surface area contributed by atoms with Crippen LogP contribution in [0.5, 0.6) is 5.75 Å². The molecule has 0 unspecified atom stereocenters. The zero-order valence-electron chi connectivity index (χ0n) is 10.3. The van der Waals surface area contributed by atoms with E-state index in [0.29, 0.717) is 5.39 Å². The highest BCUT2D eigenvalue weighted by Gasteiger charge is 2.08. The number of aromatic amines is 1.